The fraction of sp³-hybridized carbons (Fsp3) is 0.520. The van der Waals surface area contributed by atoms with Crippen LogP contribution in [0.25, 0.3) is 0 Å². The molecular formula is C25H33NO. The van der Waals surface area contributed by atoms with E-state index in [0.717, 1.165) is 38.5 Å². The summed E-state index contributed by atoms with van der Waals surface area (Å²) < 4.78 is 5.86. The second-order valence-corrected chi connectivity index (χ2v) is 8.50. The van der Waals surface area contributed by atoms with Gasteiger partial charge in [-0.15, -0.1) is 0 Å². The Labute approximate surface area is 164 Å². The minimum Gasteiger partial charge on any atom is -0.378 e. The maximum absolute atomic E-state index is 5.86. The lowest BCUT2D eigenvalue weighted by atomic mass is 9.80. The molecule has 2 aliphatic rings. The van der Waals surface area contributed by atoms with E-state index in [1.807, 2.05) is 0 Å². The highest BCUT2D eigenvalue weighted by Crippen LogP contribution is 2.32. The molecule has 1 aliphatic carbocycles. The van der Waals surface area contributed by atoms with Gasteiger partial charge in [0.25, 0.3) is 0 Å². The Hall–Kier alpha value is -1.64. The molecule has 1 aliphatic heterocycles. The van der Waals surface area contributed by atoms with E-state index in [1.54, 1.807) is 0 Å². The monoisotopic (exact) mass is 363 g/mol. The Morgan fingerprint density at radius 1 is 0.889 bits per heavy atom. The van der Waals surface area contributed by atoms with Crippen LogP contribution in [0.5, 0.6) is 0 Å². The molecule has 4 rings (SSSR count). The van der Waals surface area contributed by atoms with Crippen molar-refractivity contribution in [1.82, 2.24) is 4.90 Å². The largest absolute Gasteiger partial charge is 0.378 e. The van der Waals surface area contributed by atoms with Gasteiger partial charge in [0.1, 0.15) is 0 Å². The Balaban J connectivity index is 1.44. The molecule has 1 unspecified atom stereocenters. The van der Waals surface area contributed by atoms with Crippen LogP contribution in [0.4, 0.5) is 0 Å². The van der Waals surface area contributed by atoms with Crippen molar-refractivity contribution in [2.45, 2.75) is 44.6 Å². The highest BCUT2D eigenvalue weighted by atomic mass is 16.5. The van der Waals surface area contributed by atoms with Gasteiger partial charge in [-0.1, -0.05) is 79.9 Å². The second kappa shape index (κ2) is 9.52. The standard InChI is InChI=1S/C25H33NO/c1-3-8-21(9-4-1)16-24(17-22-10-5-2-6-11-22)19-26-14-15-27-20-25(26)18-23-12-7-13-23/h1-6,8-11,23-25H,7,12-20H2. The topological polar surface area (TPSA) is 12.5 Å². The molecule has 2 aromatic rings. The van der Waals surface area contributed by atoms with E-state index in [9.17, 15) is 0 Å². The van der Waals surface area contributed by atoms with Crippen LogP contribution in [0.3, 0.4) is 0 Å². The maximum atomic E-state index is 5.86. The molecule has 0 N–H and O–H groups in total. The Kier molecular flexibility index (Phi) is 6.60. The summed E-state index contributed by atoms with van der Waals surface area (Å²) in [6.07, 6.45) is 7.95. The van der Waals surface area contributed by atoms with E-state index in [2.05, 4.69) is 65.6 Å². The van der Waals surface area contributed by atoms with Crippen LogP contribution in [-0.4, -0.2) is 37.2 Å². The summed E-state index contributed by atoms with van der Waals surface area (Å²) in [4.78, 5) is 2.75. The van der Waals surface area contributed by atoms with Gasteiger partial charge in [0.2, 0.25) is 0 Å². The van der Waals surface area contributed by atoms with Crippen molar-refractivity contribution in [3.8, 4) is 0 Å². The lowest BCUT2D eigenvalue weighted by molar-refractivity contribution is -0.0268. The number of benzene rings is 2. The van der Waals surface area contributed by atoms with Crippen LogP contribution in [0.2, 0.25) is 0 Å². The molecular weight excluding hydrogens is 330 g/mol. The molecule has 2 nitrogen and oxygen atoms in total. The van der Waals surface area contributed by atoms with Crippen molar-refractivity contribution in [1.29, 1.82) is 0 Å². The first-order chi connectivity index (χ1) is 13.4. The SMILES string of the molecule is c1ccc(CC(Cc2ccccc2)CN2CCOCC2CC2CCC2)cc1. The van der Waals surface area contributed by atoms with Gasteiger partial charge in [-0.3, -0.25) is 4.90 Å². The smallest absolute Gasteiger partial charge is 0.0622 e. The number of hydrogen-bond donors (Lipinski definition) is 0. The zero-order valence-electron chi connectivity index (χ0n) is 16.4. The lowest BCUT2D eigenvalue weighted by Gasteiger charge is -2.41. The summed E-state index contributed by atoms with van der Waals surface area (Å²) in [5.74, 6) is 1.60. The van der Waals surface area contributed by atoms with Crippen molar-refractivity contribution < 1.29 is 4.74 Å². The quantitative estimate of drug-likeness (QED) is 0.656. The fourth-order valence-electron chi connectivity index (χ4n) is 4.69. The first kappa shape index (κ1) is 18.7. The van der Waals surface area contributed by atoms with Crippen LogP contribution < -0.4 is 0 Å². The van der Waals surface area contributed by atoms with E-state index in [1.165, 1.54) is 43.4 Å². The summed E-state index contributed by atoms with van der Waals surface area (Å²) >= 11 is 0. The predicted octanol–water partition coefficient (Wildman–Crippen LogP) is 4.98. The van der Waals surface area contributed by atoms with Gasteiger partial charge >= 0.3 is 0 Å². The number of nitrogens with zero attached hydrogens (tertiary/aromatic N) is 1. The fourth-order valence-corrected chi connectivity index (χ4v) is 4.69. The van der Waals surface area contributed by atoms with E-state index >= 15 is 0 Å². The Morgan fingerprint density at radius 3 is 2.07 bits per heavy atom. The van der Waals surface area contributed by atoms with E-state index < -0.39 is 0 Å². The summed E-state index contributed by atoms with van der Waals surface area (Å²) in [6, 6.07) is 22.7. The van der Waals surface area contributed by atoms with Crippen LogP contribution in [0, 0.1) is 11.8 Å². The first-order valence-electron chi connectivity index (χ1n) is 10.8. The highest BCUT2D eigenvalue weighted by molar-refractivity contribution is 5.18. The van der Waals surface area contributed by atoms with Crippen molar-refractivity contribution in [2.24, 2.45) is 11.8 Å². The zero-order chi connectivity index (χ0) is 18.3. The third-order valence-electron chi connectivity index (χ3n) is 6.41. The van der Waals surface area contributed by atoms with Gasteiger partial charge in [-0.05, 0) is 42.2 Å². The Bertz CT molecular complexity index is 626. The van der Waals surface area contributed by atoms with Gasteiger partial charge in [-0.25, -0.2) is 0 Å². The van der Waals surface area contributed by atoms with Crippen LogP contribution in [-0.2, 0) is 17.6 Å². The van der Waals surface area contributed by atoms with E-state index in [0.29, 0.717) is 12.0 Å². The van der Waals surface area contributed by atoms with Crippen molar-refractivity contribution in [3.63, 3.8) is 0 Å². The lowest BCUT2D eigenvalue weighted by Crippen LogP contribution is -2.49. The molecule has 0 amide bonds. The minimum absolute atomic E-state index is 0.623. The summed E-state index contributed by atoms with van der Waals surface area (Å²) in [6.45, 7) is 4.10. The third kappa shape index (κ3) is 5.43. The molecule has 0 radical (unpaired) electrons. The summed E-state index contributed by atoms with van der Waals surface area (Å²) in [7, 11) is 0. The van der Waals surface area contributed by atoms with E-state index in [4.69, 9.17) is 4.74 Å². The molecule has 0 bridgehead atoms. The van der Waals surface area contributed by atoms with Crippen molar-refractivity contribution >= 4 is 0 Å². The number of ether oxygens (including phenoxy) is 1. The van der Waals surface area contributed by atoms with Crippen molar-refractivity contribution in [2.75, 3.05) is 26.3 Å². The van der Waals surface area contributed by atoms with E-state index in [-0.39, 0.29) is 0 Å². The first-order valence-corrected chi connectivity index (χ1v) is 10.8. The maximum Gasteiger partial charge on any atom is 0.0622 e. The summed E-state index contributed by atoms with van der Waals surface area (Å²) in [5, 5.41) is 0. The average molecular weight is 364 g/mol. The molecule has 0 aromatic heterocycles. The molecule has 2 fully saturated rings. The zero-order valence-corrected chi connectivity index (χ0v) is 16.4. The van der Waals surface area contributed by atoms with Crippen LogP contribution in [0.15, 0.2) is 60.7 Å². The molecule has 1 saturated heterocycles. The van der Waals surface area contributed by atoms with Gasteiger partial charge in [0.15, 0.2) is 0 Å². The molecule has 0 spiro atoms. The minimum atomic E-state index is 0.623. The number of rotatable bonds is 8. The van der Waals surface area contributed by atoms with Gasteiger partial charge in [-0.2, -0.15) is 0 Å². The van der Waals surface area contributed by atoms with Gasteiger partial charge in [0.05, 0.1) is 13.2 Å². The van der Waals surface area contributed by atoms with Crippen LogP contribution >= 0.6 is 0 Å². The average Bonchev–Trinajstić information content (AvgIpc) is 2.67. The predicted molar refractivity (Wildman–Crippen MR) is 112 cm³/mol. The molecule has 1 atom stereocenters. The van der Waals surface area contributed by atoms with Gasteiger partial charge in [0, 0.05) is 19.1 Å². The summed E-state index contributed by atoms with van der Waals surface area (Å²) in [5.41, 5.74) is 2.92. The Morgan fingerprint density at radius 2 is 1.52 bits per heavy atom. The van der Waals surface area contributed by atoms with Crippen LogP contribution in [0.1, 0.15) is 36.8 Å². The molecule has 144 valence electrons. The second-order valence-electron chi connectivity index (χ2n) is 8.50. The molecule has 27 heavy (non-hydrogen) atoms. The van der Waals surface area contributed by atoms with Crippen molar-refractivity contribution in [3.05, 3.63) is 71.8 Å². The molecule has 2 heteroatoms. The number of hydrogen-bond acceptors (Lipinski definition) is 2. The number of morpholine rings is 1. The van der Waals surface area contributed by atoms with Gasteiger partial charge < -0.3 is 4.74 Å². The molecule has 2 aromatic carbocycles. The molecule has 1 saturated carbocycles. The highest BCUT2D eigenvalue weighted by Gasteiger charge is 2.30. The third-order valence-corrected chi connectivity index (χ3v) is 6.41. The normalized spacial score (nSPS) is 21.3. The molecule has 1 heterocycles.